The number of nitrogens with zero attached hydrogens (tertiary/aromatic N) is 3. The van der Waals surface area contributed by atoms with Crippen LogP contribution in [0, 0.1) is 34.5 Å². The summed E-state index contributed by atoms with van der Waals surface area (Å²) in [6.45, 7) is 0.962. The van der Waals surface area contributed by atoms with Crippen LogP contribution < -0.4 is 5.32 Å². The van der Waals surface area contributed by atoms with Crippen LogP contribution in [0.2, 0.25) is 0 Å². The second-order valence-electron chi connectivity index (χ2n) is 7.18. The number of rotatable bonds is 3. The number of nitrogens with one attached hydrogen (secondary N) is 1. The Morgan fingerprint density at radius 1 is 1.20 bits per heavy atom. The van der Waals surface area contributed by atoms with Crippen LogP contribution in [0.15, 0.2) is 12.3 Å². The number of hydrogen-bond acceptors (Lipinski definition) is 4. The third-order valence-electron chi connectivity index (χ3n) is 5.64. The molecule has 0 unspecified atom stereocenters. The fraction of sp³-hybridized carbons (Fsp3) is 0.688. The molecular formula is C16H20N4. The van der Waals surface area contributed by atoms with Crippen molar-refractivity contribution in [2.24, 2.45) is 23.2 Å². The topological polar surface area (TPSA) is 61.6 Å². The summed E-state index contributed by atoms with van der Waals surface area (Å²) in [5.74, 6) is 3.53. The molecule has 0 spiro atoms. The Balaban J connectivity index is 1.51. The summed E-state index contributed by atoms with van der Waals surface area (Å²) in [7, 11) is 0. The fourth-order valence-electron chi connectivity index (χ4n) is 5.33. The average Bonchev–Trinajstić information content (AvgIpc) is 2.44. The normalized spacial score (nSPS) is 37.6. The molecule has 1 aromatic heterocycles. The first-order chi connectivity index (χ1) is 9.76. The SMILES string of the molecule is N#Cc1ccnnc1NCC12CC3CC(CC(C3)C1)C2. The lowest BCUT2D eigenvalue weighted by molar-refractivity contribution is -0.0444. The van der Waals surface area contributed by atoms with Crippen molar-refractivity contribution < 1.29 is 0 Å². The van der Waals surface area contributed by atoms with Gasteiger partial charge in [0.05, 0.1) is 11.8 Å². The van der Waals surface area contributed by atoms with Gasteiger partial charge in [0.25, 0.3) is 0 Å². The minimum Gasteiger partial charge on any atom is -0.367 e. The molecule has 4 aliphatic carbocycles. The molecule has 4 heteroatoms. The zero-order valence-electron chi connectivity index (χ0n) is 11.7. The van der Waals surface area contributed by atoms with Crippen molar-refractivity contribution in [2.45, 2.75) is 38.5 Å². The minimum absolute atomic E-state index is 0.457. The maximum atomic E-state index is 9.12. The van der Waals surface area contributed by atoms with E-state index in [1.165, 1.54) is 38.5 Å². The van der Waals surface area contributed by atoms with Gasteiger partial charge in [0, 0.05) is 6.54 Å². The fourth-order valence-corrected chi connectivity index (χ4v) is 5.33. The third kappa shape index (κ3) is 1.96. The lowest BCUT2D eigenvalue weighted by Gasteiger charge is -2.57. The van der Waals surface area contributed by atoms with E-state index < -0.39 is 0 Å². The van der Waals surface area contributed by atoms with Gasteiger partial charge in [-0.05, 0) is 67.8 Å². The molecule has 4 fully saturated rings. The molecule has 0 atom stereocenters. The summed E-state index contributed by atoms with van der Waals surface area (Å²) in [5.41, 5.74) is 1.06. The van der Waals surface area contributed by atoms with Crippen LogP contribution in [0.4, 0.5) is 5.82 Å². The van der Waals surface area contributed by atoms with Gasteiger partial charge in [-0.2, -0.15) is 10.4 Å². The van der Waals surface area contributed by atoms with Crippen LogP contribution in [0.5, 0.6) is 0 Å². The molecule has 0 amide bonds. The number of nitriles is 1. The molecule has 4 bridgehead atoms. The van der Waals surface area contributed by atoms with Gasteiger partial charge in [-0.1, -0.05) is 0 Å². The quantitative estimate of drug-likeness (QED) is 0.915. The molecule has 0 radical (unpaired) electrons. The van der Waals surface area contributed by atoms with Gasteiger partial charge >= 0.3 is 0 Å². The van der Waals surface area contributed by atoms with Crippen LogP contribution in [-0.2, 0) is 0 Å². The highest BCUT2D eigenvalue weighted by molar-refractivity contribution is 5.50. The third-order valence-corrected chi connectivity index (χ3v) is 5.64. The Morgan fingerprint density at radius 2 is 1.85 bits per heavy atom. The Kier molecular flexibility index (Phi) is 2.70. The van der Waals surface area contributed by atoms with Crippen LogP contribution in [0.3, 0.4) is 0 Å². The van der Waals surface area contributed by atoms with Crippen molar-refractivity contribution in [1.82, 2.24) is 10.2 Å². The van der Waals surface area contributed by atoms with Crippen molar-refractivity contribution in [3.63, 3.8) is 0 Å². The predicted molar refractivity (Wildman–Crippen MR) is 75.8 cm³/mol. The second-order valence-corrected chi connectivity index (χ2v) is 7.18. The molecule has 0 aromatic carbocycles. The lowest BCUT2D eigenvalue weighted by Crippen LogP contribution is -2.49. The smallest absolute Gasteiger partial charge is 0.166 e. The summed E-state index contributed by atoms with van der Waals surface area (Å²) >= 11 is 0. The zero-order chi connectivity index (χ0) is 13.6. The van der Waals surface area contributed by atoms with E-state index in [9.17, 15) is 0 Å². The molecule has 0 aliphatic heterocycles. The van der Waals surface area contributed by atoms with Gasteiger partial charge < -0.3 is 5.32 Å². The van der Waals surface area contributed by atoms with Gasteiger partial charge in [0.15, 0.2) is 5.82 Å². The van der Waals surface area contributed by atoms with E-state index >= 15 is 0 Å². The van der Waals surface area contributed by atoms with Gasteiger partial charge in [-0.3, -0.25) is 0 Å². The van der Waals surface area contributed by atoms with Gasteiger partial charge in [0.2, 0.25) is 0 Å². The molecule has 1 N–H and O–H groups in total. The standard InChI is InChI=1S/C16H20N4/c17-9-14-1-2-19-20-15(14)18-10-16-6-11-3-12(7-16)5-13(4-11)8-16/h1-2,11-13H,3-8,10H2,(H,18,20). The summed E-state index contributed by atoms with van der Waals surface area (Å²) in [6, 6.07) is 3.92. The minimum atomic E-state index is 0.457. The van der Waals surface area contributed by atoms with Crippen molar-refractivity contribution in [3.05, 3.63) is 17.8 Å². The molecule has 4 nitrogen and oxygen atoms in total. The largest absolute Gasteiger partial charge is 0.367 e. The van der Waals surface area contributed by atoms with Crippen molar-refractivity contribution in [1.29, 1.82) is 5.26 Å². The molecule has 104 valence electrons. The van der Waals surface area contributed by atoms with E-state index in [0.717, 1.165) is 24.3 Å². The van der Waals surface area contributed by atoms with Gasteiger partial charge in [-0.15, -0.1) is 5.10 Å². The number of aromatic nitrogens is 2. The first-order valence-electron chi connectivity index (χ1n) is 7.72. The van der Waals surface area contributed by atoms with Crippen LogP contribution >= 0.6 is 0 Å². The van der Waals surface area contributed by atoms with E-state index in [4.69, 9.17) is 5.26 Å². The van der Waals surface area contributed by atoms with E-state index in [1.807, 2.05) is 0 Å². The Labute approximate surface area is 119 Å². The van der Waals surface area contributed by atoms with Crippen LogP contribution in [-0.4, -0.2) is 16.7 Å². The summed E-state index contributed by atoms with van der Waals surface area (Å²) in [6.07, 6.45) is 10.1. The lowest BCUT2D eigenvalue weighted by atomic mass is 9.49. The molecule has 5 rings (SSSR count). The Hall–Kier alpha value is -1.63. The molecule has 1 aromatic rings. The van der Waals surface area contributed by atoms with Crippen molar-refractivity contribution >= 4 is 5.82 Å². The van der Waals surface area contributed by atoms with E-state index in [1.54, 1.807) is 12.3 Å². The van der Waals surface area contributed by atoms with Crippen molar-refractivity contribution in [2.75, 3.05) is 11.9 Å². The summed E-state index contributed by atoms with van der Waals surface area (Å²) in [4.78, 5) is 0. The predicted octanol–water partition coefficient (Wildman–Crippen LogP) is 2.98. The zero-order valence-corrected chi connectivity index (χ0v) is 11.7. The van der Waals surface area contributed by atoms with Crippen LogP contribution in [0.25, 0.3) is 0 Å². The Bertz CT molecular complexity index is 525. The molecule has 0 saturated heterocycles. The number of anilines is 1. The molecule has 4 saturated carbocycles. The first kappa shape index (κ1) is 12.1. The molecular weight excluding hydrogens is 248 g/mol. The van der Waals surface area contributed by atoms with E-state index in [0.29, 0.717) is 16.8 Å². The summed E-state index contributed by atoms with van der Waals surface area (Å²) < 4.78 is 0. The highest BCUT2D eigenvalue weighted by Crippen LogP contribution is 2.59. The molecule has 1 heterocycles. The molecule has 20 heavy (non-hydrogen) atoms. The number of hydrogen-bond donors (Lipinski definition) is 1. The first-order valence-corrected chi connectivity index (χ1v) is 7.72. The summed E-state index contributed by atoms with van der Waals surface area (Å²) in [5, 5.41) is 20.5. The second kappa shape index (κ2) is 4.44. The Morgan fingerprint density at radius 3 is 2.45 bits per heavy atom. The maximum absolute atomic E-state index is 9.12. The van der Waals surface area contributed by atoms with Crippen molar-refractivity contribution in [3.8, 4) is 6.07 Å². The highest BCUT2D eigenvalue weighted by Gasteiger charge is 2.50. The van der Waals surface area contributed by atoms with Crippen LogP contribution in [0.1, 0.15) is 44.1 Å². The van der Waals surface area contributed by atoms with E-state index in [2.05, 4.69) is 21.6 Å². The van der Waals surface area contributed by atoms with Gasteiger partial charge in [0.1, 0.15) is 6.07 Å². The highest BCUT2D eigenvalue weighted by atomic mass is 15.2. The average molecular weight is 268 g/mol. The van der Waals surface area contributed by atoms with Gasteiger partial charge in [-0.25, -0.2) is 0 Å². The maximum Gasteiger partial charge on any atom is 0.166 e. The monoisotopic (exact) mass is 268 g/mol. The molecule has 4 aliphatic rings. The van der Waals surface area contributed by atoms with E-state index in [-0.39, 0.29) is 0 Å².